The summed E-state index contributed by atoms with van der Waals surface area (Å²) in [5.41, 5.74) is 3.52. The lowest BCUT2D eigenvalue weighted by molar-refractivity contribution is 0.412. The number of halogens is 1. The van der Waals surface area contributed by atoms with Gasteiger partial charge in [0.15, 0.2) is 0 Å². The molecule has 0 bridgehead atoms. The summed E-state index contributed by atoms with van der Waals surface area (Å²) >= 11 is 3.42. The molecule has 1 aromatic carbocycles. The van der Waals surface area contributed by atoms with Crippen LogP contribution in [-0.4, -0.2) is 19.0 Å². The predicted octanol–water partition coefficient (Wildman–Crippen LogP) is 2.08. The first-order valence-corrected chi connectivity index (χ1v) is 5.76. The zero-order valence-corrected chi connectivity index (χ0v) is 11.2. The summed E-state index contributed by atoms with van der Waals surface area (Å²) in [5.74, 6) is 6.89. The van der Waals surface area contributed by atoms with E-state index in [0.29, 0.717) is 5.84 Å². The molecule has 0 fully saturated rings. The van der Waals surface area contributed by atoms with Crippen LogP contribution in [0.1, 0.15) is 19.4 Å². The van der Waals surface area contributed by atoms with Crippen molar-refractivity contribution in [3.05, 3.63) is 28.2 Å². The third-order valence-corrected chi connectivity index (χ3v) is 2.57. The second kappa shape index (κ2) is 5.86. The Kier molecular flexibility index (Phi) is 4.76. The van der Waals surface area contributed by atoms with Crippen LogP contribution in [-0.2, 0) is 0 Å². The monoisotopic (exact) mass is 285 g/mol. The molecule has 0 saturated heterocycles. The number of hydrazine groups is 1. The number of methoxy groups -OCH3 is 1. The molecule has 1 aromatic rings. The highest BCUT2D eigenvalue weighted by molar-refractivity contribution is 9.10. The van der Waals surface area contributed by atoms with E-state index < -0.39 is 0 Å². The molecule has 0 spiro atoms. The van der Waals surface area contributed by atoms with Crippen LogP contribution in [0.25, 0.3) is 0 Å². The van der Waals surface area contributed by atoms with Gasteiger partial charge in [-0.1, -0.05) is 0 Å². The number of aliphatic imine (C=N–C) groups is 1. The van der Waals surface area contributed by atoms with E-state index in [2.05, 4.69) is 26.3 Å². The molecule has 0 radical (unpaired) electrons. The Balaban J connectivity index is 3.08. The molecule has 0 aromatic heterocycles. The molecule has 16 heavy (non-hydrogen) atoms. The predicted molar refractivity (Wildman–Crippen MR) is 69.7 cm³/mol. The topological polar surface area (TPSA) is 59.6 Å². The molecule has 0 atom stereocenters. The van der Waals surface area contributed by atoms with E-state index in [1.807, 2.05) is 32.0 Å². The van der Waals surface area contributed by atoms with E-state index in [4.69, 9.17) is 10.6 Å². The van der Waals surface area contributed by atoms with Crippen LogP contribution in [0.4, 0.5) is 0 Å². The van der Waals surface area contributed by atoms with E-state index in [0.717, 1.165) is 15.8 Å². The van der Waals surface area contributed by atoms with Gasteiger partial charge in [0.1, 0.15) is 11.6 Å². The first-order valence-electron chi connectivity index (χ1n) is 4.96. The highest BCUT2D eigenvalue weighted by Crippen LogP contribution is 2.25. The van der Waals surface area contributed by atoms with Crippen molar-refractivity contribution in [2.45, 2.75) is 19.9 Å². The first-order chi connectivity index (χ1) is 7.58. The largest absolute Gasteiger partial charge is 0.496 e. The van der Waals surface area contributed by atoms with Crippen molar-refractivity contribution < 1.29 is 4.74 Å². The van der Waals surface area contributed by atoms with Crippen LogP contribution in [0.3, 0.4) is 0 Å². The second-order valence-electron chi connectivity index (χ2n) is 3.57. The molecular weight excluding hydrogens is 270 g/mol. The van der Waals surface area contributed by atoms with Crippen molar-refractivity contribution in [1.29, 1.82) is 0 Å². The average Bonchev–Trinajstić information content (AvgIpc) is 2.25. The van der Waals surface area contributed by atoms with E-state index >= 15 is 0 Å². The van der Waals surface area contributed by atoms with Gasteiger partial charge in [-0.25, -0.2) is 5.84 Å². The van der Waals surface area contributed by atoms with Crippen LogP contribution in [0.2, 0.25) is 0 Å². The Morgan fingerprint density at radius 1 is 1.50 bits per heavy atom. The van der Waals surface area contributed by atoms with Gasteiger partial charge in [-0.2, -0.15) is 0 Å². The summed E-state index contributed by atoms with van der Waals surface area (Å²) in [6.45, 7) is 3.99. The van der Waals surface area contributed by atoms with E-state index in [1.54, 1.807) is 7.11 Å². The van der Waals surface area contributed by atoms with Gasteiger partial charge < -0.3 is 10.2 Å². The van der Waals surface area contributed by atoms with Gasteiger partial charge in [0, 0.05) is 11.6 Å². The van der Waals surface area contributed by atoms with Crippen LogP contribution >= 0.6 is 15.9 Å². The van der Waals surface area contributed by atoms with Crippen molar-refractivity contribution >= 4 is 21.8 Å². The molecule has 0 saturated carbocycles. The zero-order valence-electron chi connectivity index (χ0n) is 9.62. The molecule has 0 heterocycles. The number of nitrogens with one attached hydrogen (secondary N) is 1. The minimum Gasteiger partial charge on any atom is -0.496 e. The molecule has 88 valence electrons. The molecule has 4 nitrogen and oxygen atoms in total. The number of rotatable bonds is 3. The minimum absolute atomic E-state index is 0.187. The number of ether oxygens (including phenoxy) is 1. The fourth-order valence-electron chi connectivity index (χ4n) is 1.27. The minimum atomic E-state index is 0.187. The highest BCUT2D eigenvalue weighted by atomic mass is 79.9. The Hall–Kier alpha value is -1.07. The molecule has 0 unspecified atom stereocenters. The van der Waals surface area contributed by atoms with Crippen LogP contribution in [0.5, 0.6) is 5.75 Å². The van der Waals surface area contributed by atoms with Gasteiger partial charge in [0.25, 0.3) is 0 Å². The van der Waals surface area contributed by atoms with Gasteiger partial charge in [-0.15, -0.1) is 0 Å². The molecule has 0 amide bonds. The van der Waals surface area contributed by atoms with Crippen molar-refractivity contribution in [2.75, 3.05) is 7.11 Å². The Morgan fingerprint density at radius 3 is 2.62 bits per heavy atom. The van der Waals surface area contributed by atoms with E-state index in [9.17, 15) is 0 Å². The molecule has 0 aliphatic carbocycles. The lowest BCUT2D eigenvalue weighted by Crippen LogP contribution is -2.32. The first kappa shape index (κ1) is 13.0. The maximum absolute atomic E-state index is 5.45. The number of amidine groups is 1. The van der Waals surface area contributed by atoms with Crippen LogP contribution < -0.4 is 16.0 Å². The maximum atomic E-state index is 5.45. The number of hydrogen-bond donors (Lipinski definition) is 2. The summed E-state index contributed by atoms with van der Waals surface area (Å²) in [6.07, 6.45) is 0. The molecule has 0 aliphatic heterocycles. The fraction of sp³-hybridized carbons (Fsp3) is 0.364. The summed E-state index contributed by atoms with van der Waals surface area (Å²) in [4.78, 5) is 4.38. The molecule has 1 rings (SSSR count). The number of benzene rings is 1. The Bertz CT molecular complexity index is 391. The lowest BCUT2D eigenvalue weighted by atomic mass is 10.2. The van der Waals surface area contributed by atoms with Gasteiger partial charge in [0.05, 0.1) is 11.6 Å². The van der Waals surface area contributed by atoms with Gasteiger partial charge in [0.2, 0.25) is 0 Å². The van der Waals surface area contributed by atoms with E-state index in [-0.39, 0.29) is 6.04 Å². The zero-order chi connectivity index (χ0) is 12.1. The molecular formula is C11H16BrN3O. The fourth-order valence-corrected chi connectivity index (χ4v) is 1.81. The van der Waals surface area contributed by atoms with Crippen molar-refractivity contribution in [1.82, 2.24) is 5.43 Å². The normalized spacial score (nSPS) is 11.8. The third kappa shape index (κ3) is 3.21. The average molecular weight is 286 g/mol. The van der Waals surface area contributed by atoms with Gasteiger partial charge >= 0.3 is 0 Å². The molecule has 0 aliphatic rings. The maximum Gasteiger partial charge on any atom is 0.142 e. The van der Waals surface area contributed by atoms with Crippen LogP contribution in [0.15, 0.2) is 27.7 Å². The smallest absolute Gasteiger partial charge is 0.142 e. The third-order valence-electron chi connectivity index (χ3n) is 1.95. The highest BCUT2D eigenvalue weighted by Gasteiger charge is 2.06. The number of nitrogens with zero attached hydrogens (tertiary/aromatic N) is 1. The second-order valence-corrected chi connectivity index (χ2v) is 4.42. The van der Waals surface area contributed by atoms with Gasteiger partial charge in [-0.3, -0.25) is 4.99 Å². The summed E-state index contributed by atoms with van der Waals surface area (Å²) in [6, 6.07) is 5.88. The lowest BCUT2D eigenvalue weighted by Gasteiger charge is -2.10. The molecule has 5 heteroatoms. The number of nitrogens with two attached hydrogens (primary N) is 1. The summed E-state index contributed by atoms with van der Waals surface area (Å²) in [5, 5.41) is 0. The Morgan fingerprint density at radius 2 is 2.19 bits per heavy atom. The summed E-state index contributed by atoms with van der Waals surface area (Å²) < 4.78 is 6.03. The molecule has 3 N–H and O–H groups in total. The SMILES string of the molecule is COc1ccc(C(=NC(C)C)NN)cc1Br. The number of hydrogen-bond acceptors (Lipinski definition) is 3. The quantitative estimate of drug-likeness (QED) is 0.387. The van der Waals surface area contributed by atoms with Crippen molar-refractivity contribution in [3.63, 3.8) is 0 Å². The van der Waals surface area contributed by atoms with Crippen LogP contribution in [0, 0.1) is 0 Å². The van der Waals surface area contributed by atoms with Gasteiger partial charge in [-0.05, 0) is 48.0 Å². The standard InChI is InChI=1S/C11H16BrN3O/c1-7(2)14-11(15-13)8-4-5-10(16-3)9(12)6-8/h4-7H,13H2,1-3H3,(H,14,15). The van der Waals surface area contributed by atoms with Crippen molar-refractivity contribution in [2.24, 2.45) is 10.8 Å². The van der Waals surface area contributed by atoms with E-state index in [1.165, 1.54) is 0 Å². The van der Waals surface area contributed by atoms with Crippen molar-refractivity contribution in [3.8, 4) is 5.75 Å². The Labute approximate surface area is 104 Å². The summed E-state index contributed by atoms with van der Waals surface area (Å²) in [7, 11) is 1.63.